The van der Waals surface area contributed by atoms with Crippen molar-refractivity contribution in [3.8, 4) is 6.07 Å². The average Bonchev–Trinajstić information content (AvgIpc) is 2.44. The predicted molar refractivity (Wildman–Crippen MR) is 76.0 cm³/mol. The Bertz CT molecular complexity index is 793. The van der Waals surface area contributed by atoms with Crippen molar-refractivity contribution >= 4 is 15.7 Å². The molecule has 0 saturated carbocycles. The molecule has 0 unspecified atom stereocenters. The van der Waals surface area contributed by atoms with Gasteiger partial charge in [-0.1, -0.05) is 12.1 Å². The zero-order chi connectivity index (χ0) is 15.5. The van der Waals surface area contributed by atoms with Crippen molar-refractivity contribution in [3.63, 3.8) is 0 Å². The summed E-state index contributed by atoms with van der Waals surface area (Å²) < 4.78 is 39.7. The van der Waals surface area contributed by atoms with Crippen molar-refractivity contribution in [2.75, 3.05) is 5.73 Å². The standard InChI is InChI=1S/C14H12FN3O2S/c15-12-5-13(17)7-14(6-12)21(19,20)18-9-11-3-1-2-10(4-11)8-16/h1-7,18H,9,17H2. The average molecular weight is 305 g/mol. The Morgan fingerprint density at radius 2 is 2.00 bits per heavy atom. The van der Waals surface area contributed by atoms with E-state index in [2.05, 4.69) is 4.72 Å². The largest absolute Gasteiger partial charge is 0.399 e. The van der Waals surface area contributed by atoms with E-state index < -0.39 is 15.8 Å². The fourth-order valence-corrected chi connectivity index (χ4v) is 2.83. The molecular formula is C14H12FN3O2S. The van der Waals surface area contributed by atoms with Gasteiger partial charge in [0, 0.05) is 12.2 Å². The second-order valence-electron chi connectivity index (χ2n) is 4.36. The number of nitriles is 1. The van der Waals surface area contributed by atoms with Crippen molar-refractivity contribution in [2.24, 2.45) is 0 Å². The first-order valence-electron chi connectivity index (χ1n) is 5.95. The van der Waals surface area contributed by atoms with Gasteiger partial charge in [-0.3, -0.25) is 0 Å². The van der Waals surface area contributed by atoms with Gasteiger partial charge in [-0.2, -0.15) is 5.26 Å². The number of hydrogen-bond donors (Lipinski definition) is 2. The maximum absolute atomic E-state index is 13.2. The first kappa shape index (κ1) is 15.0. The Morgan fingerprint density at radius 1 is 1.24 bits per heavy atom. The van der Waals surface area contributed by atoms with Gasteiger partial charge in [-0.05, 0) is 35.9 Å². The number of sulfonamides is 1. The van der Waals surface area contributed by atoms with E-state index in [0.29, 0.717) is 11.1 Å². The van der Waals surface area contributed by atoms with Crippen molar-refractivity contribution in [1.29, 1.82) is 5.26 Å². The summed E-state index contributed by atoms with van der Waals surface area (Å²) >= 11 is 0. The molecule has 5 nitrogen and oxygen atoms in total. The van der Waals surface area contributed by atoms with Crippen LogP contribution >= 0.6 is 0 Å². The lowest BCUT2D eigenvalue weighted by Crippen LogP contribution is -2.23. The number of nitrogen functional groups attached to an aromatic ring is 1. The van der Waals surface area contributed by atoms with Crippen molar-refractivity contribution < 1.29 is 12.8 Å². The summed E-state index contributed by atoms with van der Waals surface area (Å²) in [6.45, 7) is -0.00568. The van der Waals surface area contributed by atoms with Gasteiger partial charge in [-0.15, -0.1) is 0 Å². The van der Waals surface area contributed by atoms with Gasteiger partial charge >= 0.3 is 0 Å². The monoisotopic (exact) mass is 305 g/mol. The Labute approximate surface area is 121 Å². The molecular weight excluding hydrogens is 293 g/mol. The lowest BCUT2D eigenvalue weighted by molar-refractivity contribution is 0.577. The summed E-state index contributed by atoms with van der Waals surface area (Å²) in [5.41, 5.74) is 6.52. The molecule has 7 heteroatoms. The summed E-state index contributed by atoms with van der Waals surface area (Å²) in [6.07, 6.45) is 0. The zero-order valence-corrected chi connectivity index (χ0v) is 11.7. The molecule has 0 heterocycles. The van der Waals surface area contributed by atoms with Crippen LogP contribution in [0.4, 0.5) is 10.1 Å². The van der Waals surface area contributed by atoms with Gasteiger partial charge in [0.15, 0.2) is 0 Å². The van der Waals surface area contributed by atoms with Crippen LogP contribution in [-0.2, 0) is 16.6 Å². The SMILES string of the molecule is N#Cc1cccc(CNS(=O)(=O)c2cc(N)cc(F)c2)c1. The van der Waals surface area contributed by atoms with Crippen LogP contribution in [0.25, 0.3) is 0 Å². The molecule has 0 bridgehead atoms. The molecule has 0 aromatic heterocycles. The molecule has 0 spiro atoms. The van der Waals surface area contributed by atoms with Gasteiger partial charge in [0.25, 0.3) is 0 Å². The zero-order valence-electron chi connectivity index (χ0n) is 10.9. The van der Waals surface area contributed by atoms with Crippen LogP contribution in [0.1, 0.15) is 11.1 Å². The molecule has 0 saturated heterocycles. The smallest absolute Gasteiger partial charge is 0.241 e. The van der Waals surface area contributed by atoms with Gasteiger partial charge in [-0.25, -0.2) is 17.5 Å². The first-order valence-corrected chi connectivity index (χ1v) is 7.44. The van der Waals surface area contributed by atoms with E-state index in [1.807, 2.05) is 6.07 Å². The number of halogens is 1. The third kappa shape index (κ3) is 3.78. The fraction of sp³-hybridized carbons (Fsp3) is 0.0714. The van der Waals surface area contributed by atoms with Crippen LogP contribution in [0.2, 0.25) is 0 Å². The minimum absolute atomic E-state index is 0.00568. The van der Waals surface area contributed by atoms with E-state index in [9.17, 15) is 12.8 Å². The van der Waals surface area contributed by atoms with E-state index in [0.717, 1.165) is 12.1 Å². The number of nitrogens with zero attached hydrogens (tertiary/aromatic N) is 1. The van der Waals surface area contributed by atoms with Crippen molar-refractivity contribution in [1.82, 2.24) is 4.72 Å². The minimum atomic E-state index is -3.88. The maximum Gasteiger partial charge on any atom is 0.241 e. The number of nitrogens with one attached hydrogen (secondary N) is 1. The molecule has 2 rings (SSSR count). The molecule has 21 heavy (non-hydrogen) atoms. The van der Waals surface area contributed by atoms with Crippen LogP contribution in [-0.4, -0.2) is 8.42 Å². The third-order valence-electron chi connectivity index (χ3n) is 2.73. The van der Waals surface area contributed by atoms with E-state index >= 15 is 0 Å². The second kappa shape index (κ2) is 5.91. The summed E-state index contributed by atoms with van der Waals surface area (Å²) in [4.78, 5) is -0.239. The molecule has 0 aliphatic rings. The third-order valence-corrected chi connectivity index (χ3v) is 4.11. The molecule has 0 atom stereocenters. The van der Waals surface area contributed by atoms with E-state index in [1.165, 1.54) is 6.07 Å². The summed E-state index contributed by atoms with van der Waals surface area (Å²) in [5, 5.41) is 8.78. The normalized spacial score (nSPS) is 11.0. The van der Waals surface area contributed by atoms with Crippen molar-refractivity contribution in [2.45, 2.75) is 11.4 Å². The highest BCUT2D eigenvalue weighted by atomic mass is 32.2. The molecule has 2 aromatic carbocycles. The van der Waals surface area contributed by atoms with Crippen molar-refractivity contribution in [3.05, 3.63) is 59.4 Å². The molecule has 0 amide bonds. The van der Waals surface area contributed by atoms with Gasteiger partial charge in [0.05, 0.1) is 16.5 Å². The minimum Gasteiger partial charge on any atom is -0.399 e. The molecule has 108 valence electrons. The summed E-state index contributed by atoms with van der Waals surface area (Å²) in [7, 11) is -3.88. The highest BCUT2D eigenvalue weighted by Gasteiger charge is 2.15. The number of rotatable bonds is 4. The molecule has 2 aromatic rings. The number of benzene rings is 2. The van der Waals surface area contributed by atoms with Crippen LogP contribution in [0.15, 0.2) is 47.4 Å². The molecule has 0 aliphatic carbocycles. The van der Waals surface area contributed by atoms with Crippen LogP contribution in [0.5, 0.6) is 0 Å². The maximum atomic E-state index is 13.2. The predicted octanol–water partition coefficient (Wildman–Crippen LogP) is 1.76. The molecule has 3 N–H and O–H groups in total. The summed E-state index contributed by atoms with van der Waals surface area (Å²) in [5.74, 6) is -0.721. The van der Waals surface area contributed by atoms with E-state index in [1.54, 1.807) is 24.3 Å². The number of anilines is 1. The number of nitrogens with two attached hydrogens (primary N) is 1. The lowest BCUT2D eigenvalue weighted by Gasteiger charge is -2.08. The Morgan fingerprint density at radius 3 is 2.67 bits per heavy atom. The molecule has 0 fully saturated rings. The second-order valence-corrected chi connectivity index (χ2v) is 6.12. The lowest BCUT2D eigenvalue weighted by atomic mass is 10.1. The topological polar surface area (TPSA) is 96.0 Å². The van der Waals surface area contributed by atoms with Gasteiger partial charge in [0.2, 0.25) is 10.0 Å². The summed E-state index contributed by atoms with van der Waals surface area (Å²) in [6, 6.07) is 11.6. The molecule has 0 radical (unpaired) electrons. The van der Waals surface area contributed by atoms with E-state index in [4.69, 9.17) is 11.0 Å². The van der Waals surface area contributed by atoms with Crippen LogP contribution < -0.4 is 10.5 Å². The number of hydrogen-bond acceptors (Lipinski definition) is 4. The van der Waals surface area contributed by atoms with E-state index in [-0.39, 0.29) is 17.1 Å². The highest BCUT2D eigenvalue weighted by molar-refractivity contribution is 7.89. The Kier molecular flexibility index (Phi) is 4.21. The van der Waals surface area contributed by atoms with Crippen LogP contribution in [0.3, 0.4) is 0 Å². The Balaban J connectivity index is 2.20. The van der Waals surface area contributed by atoms with Crippen LogP contribution in [0, 0.1) is 17.1 Å². The highest BCUT2D eigenvalue weighted by Crippen LogP contribution is 2.16. The quantitative estimate of drug-likeness (QED) is 0.841. The Hall–Kier alpha value is -2.43. The first-order chi connectivity index (χ1) is 9.90. The van der Waals surface area contributed by atoms with Gasteiger partial charge in [0.1, 0.15) is 5.82 Å². The molecule has 0 aliphatic heterocycles. The fourth-order valence-electron chi connectivity index (χ4n) is 1.75. The van der Waals surface area contributed by atoms with Gasteiger partial charge < -0.3 is 5.73 Å².